The van der Waals surface area contributed by atoms with Crippen LogP contribution in [0.25, 0.3) is 0 Å². The summed E-state index contributed by atoms with van der Waals surface area (Å²) in [5.74, 6) is 0. The van der Waals surface area contributed by atoms with Crippen LogP contribution >= 0.6 is 0 Å². The van der Waals surface area contributed by atoms with Crippen molar-refractivity contribution < 1.29 is 4.74 Å². The maximum Gasteiger partial charge on any atom is 0.0749 e. The van der Waals surface area contributed by atoms with Gasteiger partial charge in [0.1, 0.15) is 0 Å². The number of nitrogens with zero attached hydrogens (tertiary/aromatic N) is 1. The zero-order valence-electron chi connectivity index (χ0n) is 10.6. The molecule has 0 spiro atoms. The number of hydrogen-bond acceptors (Lipinski definition) is 3. The molecule has 1 fully saturated rings. The molecule has 2 N–H and O–H groups in total. The summed E-state index contributed by atoms with van der Waals surface area (Å²) in [6.45, 7) is 5.09. The Labute approximate surface area is 104 Å². The molecule has 1 aromatic rings. The second-order valence-corrected chi connectivity index (χ2v) is 4.62. The van der Waals surface area contributed by atoms with E-state index in [1.165, 1.54) is 24.9 Å². The van der Waals surface area contributed by atoms with Gasteiger partial charge < -0.3 is 15.4 Å². The van der Waals surface area contributed by atoms with E-state index in [0.717, 1.165) is 25.4 Å². The largest absolute Gasteiger partial charge is 0.399 e. The molecule has 1 aliphatic rings. The summed E-state index contributed by atoms with van der Waals surface area (Å²) >= 11 is 0. The summed E-state index contributed by atoms with van der Waals surface area (Å²) in [5, 5.41) is 0. The van der Waals surface area contributed by atoms with Gasteiger partial charge >= 0.3 is 0 Å². The number of likely N-dealkylation sites (N-methyl/N-ethyl adjacent to an activating group) is 1. The Bertz CT molecular complexity index is 331. The van der Waals surface area contributed by atoms with Crippen LogP contribution in [0.1, 0.15) is 26.2 Å². The van der Waals surface area contributed by atoms with Gasteiger partial charge in [-0.05, 0) is 50.5 Å². The molecule has 2 rings (SSSR count). The van der Waals surface area contributed by atoms with Crippen molar-refractivity contribution in [2.45, 2.75) is 32.3 Å². The Kier molecular flexibility index (Phi) is 4.26. The van der Waals surface area contributed by atoms with Gasteiger partial charge in [0.25, 0.3) is 0 Å². The fraction of sp³-hybridized carbons (Fsp3) is 0.571. The normalized spacial score (nSPS) is 20.2. The van der Waals surface area contributed by atoms with E-state index in [4.69, 9.17) is 10.5 Å². The van der Waals surface area contributed by atoms with Gasteiger partial charge in [0.15, 0.2) is 0 Å². The first kappa shape index (κ1) is 12.2. The Balaban J connectivity index is 1.97. The highest BCUT2D eigenvalue weighted by molar-refractivity contribution is 5.53. The molecule has 1 heterocycles. The lowest BCUT2D eigenvalue weighted by Crippen LogP contribution is -2.35. The number of rotatable bonds is 4. The van der Waals surface area contributed by atoms with Crippen molar-refractivity contribution in [2.24, 2.45) is 0 Å². The van der Waals surface area contributed by atoms with Crippen LogP contribution in [0.15, 0.2) is 24.3 Å². The highest BCUT2D eigenvalue weighted by Gasteiger charge is 2.17. The van der Waals surface area contributed by atoms with Crippen molar-refractivity contribution >= 4 is 11.4 Å². The van der Waals surface area contributed by atoms with E-state index in [2.05, 4.69) is 24.0 Å². The molecule has 0 bridgehead atoms. The first-order valence-corrected chi connectivity index (χ1v) is 6.51. The Morgan fingerprint density at radius 1 is 1.29 bits per heavy atom. The van der Waals surface area contributed by atoms with Gasteiger partial charge in [-0.15, -0.1) is 0 Å². The molecule has 1 aromatic carbocycles. The quantitative estimate of drug-likeness (QED) is 0.814. The zero-order chi connectivity index (χ0) is 12.1. The molecule has 1 atom stereocenters. The zero-order valence-corrected chi connectivity index (χ0v) is 10.6. The number of hydrogen-bond donors (Lipinski definition) is 1. The number of nitrogens with two attached hydrogens (primary N) is 1. The molecule has 0 amide bonds. The van der Waals surface area contributed by atoms with Gasteiger partial charge in [-0.25, -0.2) is 0 Å². The second kappa shape index (κ2) is 5.92. The second-order valence-electron chi connectivity index (χ2n) is 4.62. The van der Waals surface area contributed by atoms with Gasteiger partial charge in [-0.1, -0.05) is 0 Å². The molecule has 0 aromatic heterocycles. The van der Waals surface area contributed by atoms with E-state index >= 15 is 0 Å². The van der Waals surface area contributed by atoms with Crippen LogP contribution in [0.2, 0.25) is 0 Å². The van der Waals surface area contributed by atoms with Crippen molar-refractivity contribution in [3.05, 3.63) is 24.3 Å². The molecule has 1 unspecified atom stereocenters. The summed E-state index contributed by atoms with van der Waals surface area (Å²) in [6, 6.07) is 8.09. The summed E-state index contributed by atoms with van der Waals surface area (Å²) < 4.78 is 5.79. The average molecular weight is 234 g/mol. The number of ether oxygens (including phenoxy) is 1. The molecular weight excluding hydrogens is 212 g/mol. The van der Waals surface area contributed by atoms with Crippen LogP contribution < -0.4 is 10.6 Å². The lowest BCUT2D eigenvalue weighted by Gasteiger charge is -2.30. The first-order valence-electron chi connectivity index (χ1n) is 6.51. The third-order valence-corrected chi connectivity index (χ3v) is 3.34. The smallest absolute Gasteiger partial charge is 0.0749 e. The van der Waals surface area contributed by atoms with Crippen LogP contribution in [-0.4, -0.2) is 25.8 Å². The lowest BCUT2D eigenvalue weighted by molar-refractivity contribution is 0.0211. The number of benzene rings is 1. The van der Waals surface area contributed by atoms with Crippen molar-refractivity contribution in [3.8, 4) is 0 Å². The topological polar surface area (TPSA) is 38.5 Å². The highest BCUT2D eigenvalue weighted by Crippen LogP contribution is 2.20. The third-order valence-electron chi connectivity index (χ3n) is 3.34. The SMILES string of the molecule is CCN(CC1CCCCO1)c1ccc(N)cc1. The molecule has 17 heavy (non-hydrogen) atoms. The summed E-state index contributed by atoms with van der Waals surface area (Å²) in [5.41, 5.74) is 7.76. The van der Waals surface area contributed by atoms with Crippen molar-refractivity contribution in [1.29, 1.82) is 0 Å². The van der Waals surface area contributed by atoms with E-state index < -0.39 is 0 Å². The van der Waals surface area contributed by atoms with E-state index in [1.54, 1.807) is 0 Å². The summed E-state index contributed by atoms with van der Waals surface area (Å²) in [6.07, 6.45) is 4.08. The van der Waals surface area contributed by atoms with Gasteiger partial charge in [-0.3, -0.25) is 0 Å². The highest BCUT2D eigenvalue weighted by atomic mass is 16.5. The minimum Gasteiger partial charge on any atom is -0.399 e. The summed E-state index contributed by atoms with van der Waals surface area (Å²) in [4.78, 5) is 2.36. The molecule has 1 aliphatic heterocycles. The first-order chi connectivity index (χ1) is 8.29. The van der Waals surface area contributed by atoms with E-state index in [-0.39, 0.29) is 0 Å². The summed E-state index contributed by atoms with van der Waals surface area (Å²) in [7, 11) is 0. The van der Waals surface area contributed by atoms with Crippen molar-refractivity contribution in [2.75, 3.05) is 30.3 Å². The molecule has 0 saturated carbocycles. The predicted molar refractivity (Wildman–Crippen MR) is 72.3 cm³/mol. The number of nitrogen functional groups attached to an aromatic ring is 1. The number of anilines is 2. The van der Waals surface area contributed by atoms with Crippen LogP contribution in [0.3, 0.4) is 0 Å². The van der Waals surface area contributed by atoms with Gasteiger partial charge in [0.2, 0.25) is 0 Å². The van der Waals surface area contributed by atoms with E-state index in [0.29, 0.717) is 6.10 Å². The molecule has 0 radical (unpaired) electrons. The fourth-order valence-electron chi connectivity index (χ4n) is 2.30. The Morgan fingerprint density at radius 2 is 2.06 bits per heavy atom. The molecule has 0 aliphatic carbocycles. The molecule has 3 nitrogen and oxygen atoms in total. The van der Waals surface area contributed by atoms with Crippen LogP contribution in [0, 0.1) is 0 Å². The van der Waals surface area contributed by atoms with E-state index in [1.807, 2.05) is 12.1 Å². The minimum absolute atomic E-state index is 0.390. The Hall–Kier alpha value is -1.22. The lowest BCUT2D eigenvalue weighted by atomic mass is 10.1. The van der Waals surface area contributed by atoms with Crippen molar-refractivity contribution in [1.82, 2.24) is 0 Å². The molecule has 3 heteroatoms. The predicted octanol–water partition coefficient (Wildman–Crippen LogP) is 2.66. The van der Waals surface area contributed by atoms with Crippen LogP contribution in [0.5, 0.6) is 0 Å². The standard InChI is InChI=1S/C14H22N2O/c1-2-16(11-14-5-3-4-10-17-14)13-8-6-12(15)7-9-13/h6-9,14H,2-5,10-11,15H2,1H3. The van der Waals surface area contributed by atoms with Gasteiger partial charge in [-0.2, -0.15) is 0 Å². The monoisotopic (exact) mass is 234 g/mol. The van der Waals surface area contributed by atoms with Gasteiger partial charge in [0.05, 0.1) is 6.10 Å². The molecule has 94 valence electrons. The van der Waals surface area contributed by atoms with Crippen molar-refractivity contribution in [3.63, 3.8) is 0 Å². The maximum atomic E-state index is 5.79. The van der Waals surface area contributed by atoms with Crippen LogP contribution in [0.4, 0.5) is 11.4 Å². The third kappa shape index (κ3) is 3.37. The average Bonchev–Trinajstić information content (AvgIpc) is 2.38. The van der Waals surface area contributed by atoms with E-state index in [9.17, 15) is 0 Å². The maximum absolute atomic E-state index is 5.79. The fourth-order valence-corrected chi connectivity index (χ4v) is 2.30. The minimum atomic E-state index is 0.390. The Morgan fingerprint density at radius 3 is 2.65 bits per heavy atom. The van der Waals surface area contributed by atoms with Gasteiger partial charge in [0, 0.05) is 31.1 Å². The molecular formula is C14H22N2O. The van der Waals surface area contributed by atoms with Crippen LogP contribution in [-0.2, 0) is 4.74 Å². The molecule has 1 saturated heterocycles.